The largest absolute Gasteiger partial charge is 0.490 e. The van der Waals surface area contributed by atoms with Gasteiger partial charge in [0.25, 0.3) is 6.01 Å². The number of rotatable bonds is 3. The van der Waals surface area contributed by atoms with Crippen LogP contribution in [-0.4, -0.2) is 22.3 Å². The topological polar surface area (TPSA) is 60.1 Å². The molecule has 0 N–H and O–H groups in total. The Morgan fingerprint density at radius 3 is 2.69 bits per heavy atom. The standard InChI is InChI=1S/C21H21N3O2/c1-21(2,3)15-5-7-16(8-6-15)25-13-17-12-24-19-10-14(11-22)4-9-18(19)23-20(24)26-17/h4-10,17H,12-13H2,1-3H3/t17-/m0/s1. The van der Waals surface area contributed by atoms with Crippen molar-refractivity contribution in [1.82, 2.24) is 9.55 Å². The molecular weight excluding hydrogens is 326 g/mol. The number of hydrogen-bond acceptors (Lipinski definition) is 4. The number of nitrogens with zero attached hydrogens (tertiary/aromatic N) is 3. The molecule has 0 fully saturated rings. The second-order valence-corrected chi connectivity index (χ2v) is 7.65. The molecule has 0 bridgehead atoms. The van der Waals surface area contributed by atoms with Gasteiger partial charge in [0.1, 0.15) is 12.4 Å². The maximum Gasteiger partial charge on any atom is 0.297 e. The Hall–Kier alpha value is -3.00. The summed E-state index contributed by atoms with van der Waals surface area (Å²) in [4.78, 5) is 4.49. The lowest BCUT2D eigenvalue weighted by Crippen LogP contribution is -2.23. The molecule has 1 aliphatic heterocycles. The third-order valence-corrected chi connectivity index (χ3v) is 4.66. The molecule has 1 aliphatic rings. The molecule has 0 radical (unpaired) electrons. The highest BCUT2D eigenvalue weighted by atomic mass is 16.6. The monoisotopic (exact) mass is 347 g/mol. The number of aromatic nitrogens is 2. The first-order valence-electron chi connectivity index (χ1n) is 8.74. The number of fused-ring (bicyclic) bond motifs is 3. The zero-order valence-corrected chi connectivity index (χ0v) is 15.2. The van der Waals surface area contributed by atoms with E-state index in [4.69, 9.17) is 14.7 Å². The van der Waals surface area contributed by atoms with Crippen LogP contribution in [0, 0.1) is 11.3 Å². The van der Waals surface area contributed by atoms with E-state index in [2.05, 4.69) is 44.0 Å². The van der Waals surface area contributed by atoms with Gasteiger partial charge in [-0.05, 0) is 41.3 Å². The SMILES string of the molecule is CC(C)(C)c1ccc(OC[C@@H]2Cn3c(nc4ccc(C#N)cc43)O2)cc1. The van der Waals surface area contributed by atoms with Gasteiger partial charge < -0.3 is 9.47 Å². The summed E-state index contributed by atoms with van der Waals surface area (Å²) in [6, 6.07) is 16.4. The van der Waals surface area contributed by atoms with E-state index in [9.17, 15) is 0 Å². The van der Waals surface area contributed by atoms with Gasteiger partial charge in [0.2, 0.25) is 0 Å². The summed E-state index contributed by atoms with van der Waals surface area (Å²) in [5, 5.41) is 9.08. The van der Waals surface area contributed by atoms with Gasteiger partial charge in [-0.3, -0.25) is 4.57 Å². The van der Waals surface area contributed by atoms with Crippen LogP contribution in [-0.2, 0) is 12.0 Å². The fourth-order valence-electron chi connectivity index (χ4n) is 3.15. The van der Waals surface area contributed by atoms with Crippen molar-refractivity contribution in [3.63, 3.8) is 0 Å². The lowest BCUT2D eigenvalue weighted by Gasteiger charge is -2.19. The molecule has 0 unspecified atom stereocenters. The Kier molecular flexibility index (Phi) is 3.84. The molecule has 0 spiro atoms. The summed E-state index contributed by atoms with van der Waals surface area (Å²) in [6.07, 6.45) is -0.0880. The number of nitriles is 1. The van der Waals surface area contributed by atoms with Crippen molar-refractivity contribution >= 4 is 11.0 Å². The van der Waals surface area contributed by atoms with E-state index in [0.717, 1.165) is 16.8 Å². The summed E-state index contributed by atoms with van der Waals surface area (Å²) < 4.78 is 13.8. The van der Waals surface area contributed by atoms with E-state index in [0.29, 0.717) is 24.7 Å². The normalized spacial score (nSPS) is 16.2. The quantitative estimate of drug-likeness (QED) is 0.717. The Morgan fingerprint density at radius 1 is 1.23 bits per heavy atom. The molecule has 5 heteroatoms. The molecular formula is C21H21N3O2. The van der Waals surface area contributed by atoms with Crippen molar-refractivity contribution in [3.8, 4) is 17.8 Å². The minimum absolute atomic E-state index is 0.0880. The molecule has 1 atom stereocenters. The molecule has 0 saturated carbocycles. The first-order valence-corrected chi connectivity index (χ1v) is 8.74. The van der Waals surface area contributed by atoms with Crippen molar-refractivity contribution in [2.24, 2.45) is 0 Å². The highest BCUT2D eigenvalue weighted by Gasteiger charge is 2.27. The van der Waals surface area contributed by atoms with Crippen LogP contribution in [0.15, 0.2) is 42.5 Å². The van der Waals surface area contributed by atoms with Crippen molar-refractivity contribution in [3.05, 3.63) is 53.6 Å². The Bertz CT molecular complexity index is 991. The van der Waals surface area contributed by atoms with Crippen molar-refractivity contribution in [2.45, 2.75) is 38.8 Å². The number of benzene rings is 2. The average molecular weight is 347 g/mol. The molecule has 4 rings (SSSR count). The van der Waals surface area contributed by atoms with Crippen LogP contribution in [0.4, 0.5) is 0 Å². The third-order valence-electron chi connectivity index (χ3n) is 4.66. The molecule has 132 valence electrons. The Morgan fingerprint density at radius 2 is 2.00 bits per heavy atom. The predicted octanol–water partition coefficient (Wildman–Crippen LogP) is 4.05. The molecule has 0 aliphatic carbocycles. The minimum atomic E-state index is -0.0880. The lowest BCUT2D eigenvalue weighted by atomic mass is 9.87. The van der Waals surface area contributed by atoms with Crippen LogP contribution in [0.3, 0.4) is 0 Å². The molecule has 0 saturated heterocycles. The predicted molar refractivity (Wildman–Crippen MR) is 99.5 cm³/mol. The van der Waals surface area contributed by atoms with Gasteiger partial charge in [-0.2, -0.15) is 10.2 Å². The van der Waals surface area contributed by atoms with E-state index < -0.39 is 0 Å². The van der Waals surface area contributed by atoms with Gasteiger partial charge in [-0.1, -0.05) is 32.9 Å². The first-order chi connectivity index (χ1) is 12.4. The first kappa shape index (κ1) is 16.5. The zero-order valence-electron chi connectivity index (χ0n) is 15.2. The number of hydrogen-bond donors (Lipinski definition) is 0. The van der Waals surface area contributed by atoms with Crippen molar-refractivity contribution < 1.29 is 9.47 Å². The van der Waals surface area contributed by atoms with Crippen molar-refractivity contribution in [1.29, 1.82) is 5.26 Å². The summed E-state index contributed by atoms with van der Waals surface area (Å²) in [5.41, 5.74) is 3.80. The maximum atomic E-state index is 9.08. The Balaban J connectivity index is 1.43. The van der Waals surface area contributed by atoms with Crippen molar-refractivity contribution in [2.75, 3.05) is 6.61 Å². The van der Waals surface area contributed by atoms with E-state index in [1.165, 1.54) is 5.56 Å². The molecule has 2 aromatic carbocycles. The molecule has 0 amide bonds. The highest BCUT2D eigenvalue weighted by molar-refractivity contribution is 5.78. The van der Waals surface area contributed by atoms with Crippen LogP contribution in [0.25, 0.3) is 11.0 Å². The van der Waals surface area contributed by atoms with Gasteiger partial charge in [-0.25, -0.2) is 0 Å². The summed E-state index contributed by atoms with van der Waals surface area (Å²) in [5.74, 6) is 0.836. The van der Waals surface area contributed by atoms with E-state index in [-0.39, 0.29) is 11.5 Å². The van der Waals surface area contributed by atoms with Crippen LogP contribution in [0.2, 0.25) is 0 Å². The van der Waals surface area contributed by atoms with Gasteiger partial charge in [0, 0.05) is 0 Å². The van der Waals surface area contributed by atoms with E-state index >= 15 is 0 Å². The maximum absolute atomic E-state index is 9.08. The molecule has 2 heterocycles. The third kappa shape index (κ3) is 2.99. The second kappa shape index (κ2) is 6.06. The smallest absolute Gasteiger partial charge is 0.297 e. The number of ether oxygens (including phenoxy) is 2. The van der Waals surface area contributed by atoms with Crippen LogP contribution in [0.1, 0.15) is 31.9 Å². The van der Waals surface area contributed by atoms with Gasteiger partial charge in [-0.15, -0.1) is 0 Å². The minimum Gasteiger partial charge on any atom is -0.490 e. The van der Waals surface area contributed by atoms with Crippen LogP contribution in [0.5, 0.6) is 11.8 Å². The fraction of sp³-hybridized carbons (Fsp3) is 0.333. The molecule has 1 aromatic heterocycles. The lowest BCUT2D eigenvalue weighted by molar-refractivity contribution is 0.144. The Labute approximate surface area is 152 Å². The molecule has 3 aromatic rings. The fourth-order valence-corrected chi connectivity index (χ4v) is 3.15. The highest BCUT2D eigenvalue weighted by Crippen LogP contribution is 2.29. The van der Waals surface area contributed by atoms with Gasteiger partial charge in [0.05, 0.1) is 29.2 Å². The van der Waals surface area contributed by atoms with Crippen LogP contribution >= 0.6 is 0 Å². The summed E-state index contributed by atoms with van der Waals surface area (Å²) in [7, 11) is 0. The van der Waals surface area contributed by atoms with Crippen LogP contribution < -0.4 is 9.47 Å². The van der Waals surface area contributed by atoms with E-state index in [1.807, 2.05) is 28.8 Å². The van der Waals surface area contributed by atoms with E-state index in [1.54, 1.807) is 6.07 Å². The summed E-state index contributed by atoms with van der Waals surface area (Å²) >= 11 is 0. The van der Waals surface area contributed by atoms with Gasteiger partial charge >= 0.3 is 0 Å². The average Bonchev–Trinajstić information content (AvgIpc) is 3.16. The summed E-state index contributed by atoms with van der Waals surface area (Å²) in [6.45, 7) is 7.70. The molecule has 5 nitrogen and oxygen atoms in total. The van der Waals surface area contributed by atoms with Gasteiger partial charge in [0.15, 0.2) is 6.10 Å². The zero-order chi connectivity index (χ0) is 18.3. The second-order valence-electron chi connectivity index (χ2n) is 7.65. The molecule has 26 heavy (non-hydrogen) atoms. The number of imidazole rings is 1.